The number of hydrogen-bond donors (Lipinski definition) is 2. The van der Waals surface area contributed by atoms with E-state index in [1.165, 1.54) is 0 Å². The maximum atomic E-state index is 10.9. The van der Waals surface area contributed by atoms with Crippen LogP contribution in [0.25, 0.3) is 0 Å². The predicted octanol–water partition coefficient (Wildman–Crippen LogP) is 2.13. The Morgan fingerprint density at radius 2 is 2.21 bits per heavy atom. The molecule has 0 aliphatic carbocycles. The Labute approximate surface area is 82.8 Å². The fourth-order valence-corrected chi connectivity index (χ4v) is 1.85. The van der Waals surface area contributed by atoms with Crippen LogP contribution >= 0.6 is 0 Å². The summed E-state index contributed by atoms with van der Waals surface area (Å²) in [6, 6.07) is 5.47. The number of carboxylic acid groups (broad SMARTS) is 1. The highest BCUT2D eigenvalue weighted by Crippen LogP contribution is 2.25. The zero-order valence-electron chi connectivity index (χ0n) is 7.92. The van der Waals surface area contributed by atoms with E-state index in [4.69, 9.17) is 5.11 Å². The average molecular weight is 191 g/mol. The lowest BCUT2D eigenvalue weighted by atomic mass is 10.0. The van der Waals surface area contributed by atoms with Crippen molar-refractivity contribution in [2.24, 2.45) is 0 Å². The summed E-state index contributed by atoms with van der Waals surface area (Å²) in [7, 11) is 0. The van der Waals surface area contributed by atoms with Crippen LogP contribution in [0.2, 0.25) is 0 Å². The summed E-state index contributed by atoms with van der Waals surface area (Å²) in [5, 5.41) is 12.2. The minimum atomic E-state index is -0.851. The molecule has 1 aromatic carbocycles. The van der Waals surface area contributed by atoms with Crippen LogP contribution in [0.3, 0.4) is 0 Å². The number of benzene rings is 1. The second-order valence-corrected chi connectivity index (χ2v) is 3.53. The van der Waals surface area contributed by atoms with Crippen LogP contribution in [0.15, 0.2) is 18.2 Å². The van der Waals surface area contributed by atoms with Crippen LogP contribution in [0.5, 0.6) is 0 Å². The molecule has 0 unspecified atom stereocenters. The van der Waals surface area contributed by atoms with Gasteiger partial charge in [-0.3, -0.25) is 0 Å². The highest BCUT2D eigenvalue weighted by atomic mass is 16.4. The van der Waals surface area contributed by atoms with E-state index in [2.05, 4.69) is 5.32 Å². The zero-order valence-corrected chi connectivity index (χ0v) is 7.92. The van der Waals surface area contributed by atoms with Gasteiger partial charge in [-0.05, 0) is 30.9 Å². The molecule has 0 saturated heterocycles. The molecule has 0 fully saturated rings. The molecule has 0 bridgehead atoms. The Bertz CT molecular complexity index is 360. The third-order valence-corrected chi connectivity index (χ3v) is 2.56. The third kappa shape index (κ3) is 1.58. The van der Waals surface area contributed by atoms with Gasteiger partial charge in [-0.15, -0.1) is 0 Å². The quantitative estimate of drug-likeness (QED) is 0.715. The molecular formula is C11H13NO2. The molecule has 0 atom stereocenters. The molecule has 0 saturated carbocycles. The predicted molar refractivity (Wildman–Crippen MR) is 54.8 cm³/mol. The largest absolute Gasteiger partial charge is 0.478 e. The van der Waals surface area contributed by atoms with Gasteiger partial charge in [0.15, 0.2) is 0 Å². The van der Waals surface area contributed by atoms with Crippen molar-refractivity contribution in [3.8, 4) is 0 Å². The number of fused-ring (bicyclic) bond motifs is 1. The van der Waals surface area contributed by atoms with E-state index >= 15 is 0 Å². The molecular weight excluding hydrogens is 178 g/mol. The monoisotopic (exact) mass is 191 g/mol. The number of nitrogens with one attached hydrogen (secondary N) is 1. The SMILES string of the molecule is O=C(O)c1cccc2c1NCCCC2. The highest BCUT2D eigenvalue weighted by molar-refractivity contribution is 5.95. The number of hydrogen-bond acceptors (Lipinski definition) is 2. The van der Waals surface area contributed by atoms with Gasteiger partial charge in [0.2, 0.25) is 0 Å². The number of anilines is 1. The molecule has 74 valence electrons. The normalized spacial score (nSPS) is 15.1. The summed E-state index contributed by atoms with van der Waals surface area (Å²) in [6.45, 7) is 0.872. The molecule has 1 aliphatic heterocycles. The van der Waals surface area contributed by atoms with Crippen molar-refractivity contribution in [1.29, 1.82) is 0 Å². The summed E-state index contributed by atoms with van der Waals surface area (Å²) in [6.07, 6.45) is 3.21. The van der Waals surface area contributed by atoms with Gasteiger partial charge in [0.25, 0.3) is 0 Å². The van der Waals surface area contributed by atoms with E-state index in [1.807, 2.05) is 12.1 Å². The Balaban J connectivity index is 2.47. The van der Waals surface area contributed by atoms with E-state index in [-0.39, 0.29) is 0 Å². The summed E-state index contributed by atoms with van der Waals surface area (Å²) >= 11 is 0. The highest BCUT2D eigenvalue weighted by Gasteiger charge is 2.14. The average Bonchev–Trinajstić information content (AvgIpc) is 2.41. The van der Waals surface area contributed by atoms with Gasteiger partial charge in [-0.25, -0.2) is 4.79 Å². The van der Waals surface area contributed by atoms with Gasteiger partial charge in [0, 0.05) is 6.54 Å². The molecule has 2 N–H and O–H groups in total. The second kappa shape index (κ2) is 3.70. The summed E-state index contributed by atoms with van der Waals surface area (Å²) in [5.74, 6) is -0.851. The Hall–Kier alpha value is -1.51. The number of para-hydroxylation sites is 1. The van der Waals surface area contributed by atoms with Crippen LogP contribution in [0, 0.1) is 0 Å². The molecule has 1 heterocycles. The van der Waals surface area contributed by atoms with Gasteiger partial charge in [-0.1, -0.05) is 12.1 Å². The maximum Gasteiger partial charge on any atom is 0.337 e. The topological polar surface area (TPSA) is 49.3 Å². The second-order valence-electron chi connectivity index (χ2n) is 3.53. The van der Waals surface area contributed by atoms with Crippen molar-refractivity contribution in [3.05, 3.63) is 29.3 Å². The van der Waals surface area contributed by atoms with Crippen LogP contribution in [0.1, 0.15) is 28.8 Å². The summed E-state index contributed by atoms with van der Waals surface area (Å²) < 4.78 is 0. The van der Waals surface area contributed by atoms with E-state index in [9.17, 15) is 4.79 Å². The number of aryl methyl sites for hydroxylation is 1. The molecule has 1 aliphatic rings. The zero-order chi connectivity index (χ0) is 9.97. The first-order valence-electron chi connectivity index (χ1n) is 4.88. The van der Waals surface area contributed by atoms with Gasteiger partial charge in [0.05, 0.1) is 11.3 Å². The number of carbonyl (C=O) groups is 1. The Morgan fingerprint density at radius 3 is 3.00 bits per heavy atom. The van der Waals surface area contributed by atoms with Gasteiger partial charge in [0.1, 0.15) is 0 Å². The Kier molecular flexibility index (Phi) is 2.39. The molecule has 0 amide bonds. The van der Waals surface area contributed by atoms with Crippen molar-refractivity contribution in [1.82, 2.24) is 0 Å². The minimum absolute atomic E-state index is 0.393. The van der Waals surface area contributed by atoms with E-state index in [0.717, 1.165) is 37.1 Å². The van der Waals surface area contributed by atoms with Gasteiger partial charge >= 0.3 is 5.97 Å². The maximum absolute atomic E-state index is 10.9. The standard InChI is InChI=1S/C11H13NO2/c13-11(14)9-6-3-5-8-4-1-2-7-12-10(8)9/h3,5-6,12H,1-2,4,7H2,(H,13,14). The van der Waals surface area contributed by atoms with E-state index in [0.29, 0.717) is 5.56 Å². The first kappa shape index (κ1) is 9.06. The van der Waals surface area contributed by atoms with Crippen LogP contribution in [-0.4, -0.2) is 17.6 Å². The number of rotatable bonds is 1. The molecule has 2 rings (SSSR count). The van der Waals surface area contributed by atoms with Crippen molar-refractivity contribution in [2.75, 3.05) is 11.9 Å². The van der Waals surface area contributed by atoms with Crippen LogP contribution in [0.4, 0.5) is 5.69 Å². The lowest BCUT2D eigenvalue weighted by Crippen LogP contribution is -2.07. The van der Waals surface area contributed by atoms with Crippen LogP contribution < -0.4 is 5.32 Å². The van der Waals surface area contributed by atoms with Crippen molar-refractivity contribution in [3.63, 3.8) is 0 Å². The fourth-order valence-electron chi connectivity index (χ4n) is 1.85. The summed E-state index contributed by atoms with van der Waals surface area (Å²) in [4.78, 5) is 10.9. The van der Waals surface area contributed by atoms with Gasteiger partial charge in [-0.2, -0.15) is 0 Å². The molecule has 0 spiro atoms. The lowest BCUT2D eigenvalue weighted by molar-refractivity contribution is 0.0698. The number of aromatic carboxylic acids is 1. The van der Waals surface area contributed by atoms with E-state index < -0.39 is 5.97 Å². The summed E-state index contributed by atoms with van der Waals surface area (Å²) in [5.41, 5.74) is 2.34. The van der Waals surface area contributed by atoms with Crippen molar-refractivity contribution < 1.29 is 9.90 Å². The minimum Gasteiger partial charge on any atom is -0.478 e. The van der Waals surface area contributed by atoms with Gasteiger partial charge < -0.3 is 10.4 Å². The number of carboxylic acids is 1. The lowest BCUT2D eigenvalue weighted by Gasteiger charge is -2.10. The molecule has 3 heteroatoms. The molecule has 0 radical (unpaired) electrons. The molecule has 1 aromatic rings. The molecule has 0 aromatic heterocycles. The smallest absolute Gasteiger partial charge is 0.337 e. The van der Waals surface area contributed by atoms with Crippen molar-refractivity contribution >= 4 is 11.7 Å². The van der Waals surface area contributed by atoms with E-state index in [1.54, 1.807) is 6.07 Å². The van der Waals surface area contributed by atoms with Crippen molar-refractivity contribution in [2.45, 2.75) is 19.3 Å². The Morgan fingerprint density at radius 1 is 1.36 bits per heavy atom. The first-order valence-corrected chi connectivity index (χ1v) is 4.88. The third-order valence-electron chi connectivity index (χ3n) is 2.56. The molecule has 14 heavy (non-hydrogen) atoms. The first-order chi connectivity index (χ1) is 6.79. The molecule has 3 nitrogen and oxygen atoms in total. The fraction of sp³-hybridized carbons (Fsp3) is 0.364. The van der Waals surface area contributed by atoms with Crippen LogP contribution in [-0.2, 0) is 6.42 Å².